The Morgan fingerprint density at radius 3 is 2.43 bits per heavy atom. The minimum atomic E-state index is -4.48. The predicted molar refractivity (Wildman–Crippen MR) is 81.5 cm³/mol. The Kier molecular flexibility index (Phi) is 3.24. The second kappa shape index (κ2) is 4.90. The summed E-state index contributed by atoms with van der Waals surface area (Å²) >= 11 is 0. The molecule has 3 rings (SSSR count). The SMILES string of the molecule is Cc1cc(S(=O)(=O)O)cc2c(=O)c3cc(C(=O)O)ccc3oc12. The molecule has 23 heavy (non-hydrogen) atoms. The number of hydrogen-bond donors (Lipinski definition) is 2. The van der Waals surface area contributed by atoms with Crippen molar-refractivity contribution in [1.82, 2.24) is 0 Å². The highest BCUT2D eigenvalue weighted by Gasteiger charge is 2.17. The summed E-state index contributed by atoms with van der Waals surface area (Å²) in [5.41, 5.74) is 0.0642. The van der Waals surface area contributed by atoms with Crippen LogP contribution in [0.5, 0.6) is 0 Å². The third-order valence-corrected chi connectivity index (χ3v) is 4.31. The zero-order valence-electron chi connectivity index (χ0n) is 11.7. The summed E-state index contributed by atoms with van der Waals surface area (Å²) in [6, 6.07) is 6.05. The number of aromatic carboxylic acids is 1. The van der Waals surface area contributed by atoms with Gasteiger partial charge in [-0.05, 0) is 42.8 Å². The molecule has 0 saturated heterocycles. The third-order valence-electron chi connectivity index (χ3n) is 3.47. The lowest BCUT2D eigenvalue weighted by atomic mass is 10.1. The maximum Gasteiger partial charge on any atom is 0.335 e. The first kappa shape index (κ1) is 15.2. The number of fused-ring (bicyclic) bond motifs is 2. The Morgan fingerprint density at radius 2 is 1.83 bits per heavy atom. The van der Waals surface area contributed by atoms with Crippen LogP contribution in [0.2, 0.25) is 0 Å². The largest absolute Gasteiger partial charge is 0.478 e. The van der Waals surface area contributed by atoms with Crippen LogP contribution in [0.4, 0.5) is 0 Å². The molecule has 7 nitrogen and oxygen atoms in total. The van der Waals surface area contributed by atoms with Crippen molar-refractivity contribution in [2.75, 3.05) is 0 Å². The van der Waals surface area contributed by atoms with Crippen molar-refractivity contribution in [3.8, 4) is 0 Å². The molecule has 2 N–H and O–H groups in total. The number of hydrogen-bond acceptors (Lipinski definition) is 5. The van der Waals surface area contributed by atoms with Gasteiger partial charge in [0.05, 0.1) is 21.2 Å². The highest BCUT2D eigenvalue weighted by Crippen LogP contribution is 2.25. The molecule has 118 valence electrons. The highest BCUT2D eigenvalue weighted by molar-refractivity contribution is 7.85. The summed E-state index contributed by atoms with van der Waals surface area (Å²) in [6.45, 7) is 1.54. The van der Waals surface area contributed by atoms with E-state index in [2.05, 4.69) is 0 Å². The Labute approximate surface area is 129 Å². The molecule has 1 aromatic heterocycles. The van der Waals surface area contributed by atoms with E-state index < -0.39 is 26.4 Å². The van der Waals surface area contributed by atoms with E-state index in [1.54, 1.807) is 0 Å². The van der Waals surface area contributed by atoms with Gasteiger partial charge in [0.1, 0.15) is 11.2 Å². The van der Waals surface area contributed by atoms with Gasteiger partial charge in [-0.3, -0.25) is 9.35 Å². The molecule has 0 unspecified atom stereocenters. The molecule has 0 radical (unpaired) electrons. The molecule has 0 bridgehead atoms. The standard InChI is InChI=1S/C15H10O7S/c1-7-4-9(23(19,20)21)6-11-13(16)10-5-8(15(17)18)2-3-12(10)22-14(7)11/h2-6H,1H3,(H,17,18)(H,19,20,21). The van der Waals surface area contributed by atoms with Crippen LogP contribution in [0.15, 0.2) is 44.4 Å². The summed E-state index contributed by atoms with van der Waals surface area (Å²) in [6.07, 6.45) is 0. The number of carboxylic acid groups (broad SMARTS) is 1. The van der Waals surface area contributed by atoms with Crippen LogP contribution in [-0.2, 0) is 10.1 Å². The third kappa shape index (κ3) is 2.47. The van der Waals surface area contributed by atoms with Gasteiger partial charge < -0.3 is 9.52 Å². The van der Waals surface area contributed by atoms with Crippen LogP contribution < -0.4 is 5.43 Å². The quantitative estimate of drug-likeness (QED) is 0.544. The van der Waals surface area contributed by atoms with E-state index >= 15 is 0 Å². The second-order valence-electron chi connectivity index (χ2n) is 5.04. The normalized spacial score (nSPS) is 11.9. The van der Waals surface area contributed by atoms with Gasteiger partial charge in [-0.2, -0.15) is 8.42 Å². The van der Waals surface area contributed by atoms with E-state index in [-0.39, 0.29) is 27.5 Å². The van der Waals surface area contributed by atoms with Crippen molar-refractivity contribution in [2.45, 2.75) is 11.8 Å². The smallest absolute Gasteiger partial charge is 0.335 e. The van der Waals surface area contributed by atoms with Crippen molar-refractivity contribution in [3.63, 3.8) is 0 Å². The van der Waals surface area contributed by atoms with Crippen LogP contribution in [0.1, 0.15) is 15.9 Å². The summed E-state index contributed by atoms with van der Waals surface area (Å²) in [5, 5.41) is 8.97. The number of aryl methyl sites for hydroxylation is 1. The lowest BCUT2D eigenvalue weighted by Crippen LogP contribution is -2.07. The lowest BCUT2D eigenvalue weighted by Gasteiger charge is -2.06. The summed E-state index contributed by atoms with van der Waals surface area (Å²) < 4.78 is 37.3. The summed E-state index contributed by atoms with van der Waals surface area (Å²) in [5.74, 6) is -1.20. The Balaban J connectivity index is 2.50. The monoisotopic (exact) mass is 334 g/mol. The fourth-order valence-corrected chi connectivity index (χ4v) is 2.97. The van der Waals surface area contributed by atoms with Crippen LogP contribution in [-0.4, -0.2) is 24.0 Å². The van der Waals surface area contributed by atoms with Gasteiger partial charge in [-0.1, -0.05) is 0 Å². The van der Waals surface area contributed by atoms with Crippen molar-refractivity contribution < 1.29 is 27.3 Å². The summed E-state index contributed by atoms with van der Waals surface area (Å²) in [7, 11) is -4.48. The van der Waals surface area contributed by atoms with Gasteiger partial charge in [-0.25, -0.2) is 4.79 Å². The molecule has 3 aromatic rings. The molecule has 0 amide bonds. The van der Waals surface area contributed by atoms with E-state index in [9.17, 15) is 18.0 Å². The predicted octanol–water partition coefficient (Wildman–Crippen LogP) is 2.20. The Morgan fingerprint density at radius 1 is 1.13 bits per heavy atom. The second-order valence-corrected chi connectivity index (χ2v) is 6.46. The first-order valence-corrected chi connectivity index (χ1v) is 7.84. The number of rotatable bonds is 2. The van der Waals surface area contributed by atoms with Crippen LogP contribution in [0.25, 0.3) is 21.9 Å². The van der Waals surface area contributed by atoms with E-state index in [4.69, 9.17) is 14.1 Å². The average molecular weight is 334 g/mol. The average Bonchev–Trinajstić information content (AvgIpc) is 2.47. The molecule has 0 atom stereocenters. The van der Waals surface area contributed by atoms with Crippen LogP contribution >= 0.6 is 0 Å². The van der Waals surface area contributed by atoms with E-state index in [1.807, 2.05) is 0 Å². The maximum absolute atomic E-state index is 12.6. The Bertz CT molecular complexity index is 1140. The molecule has 0 aliphatic heterocycles. The molecule has 1 heterocycles. The van der Waals surface area contributed by atoms with Crippen LogP contribution in [0.3, 0.4) is 0 Å². The van der Waals surface area contributed by atoms with E-state index in [0.29, 0.717) is 5.56 Å². The van der Waals surface area contributed by atoms with E-state index in [1.165, 1.54) is 31.2 Å². The number of carbonyl (C=O) groups is 1. The highest BCUT2D eigenvalue weighted by atomic mass is 32.2. The number of carboxylic acids is 1. The minimum absolute atomic E-state index is 0.0179. The van der Waals surface area contributed by atoms with Crippen molar-refractivity contribution in [3.05, 3.63) is 51.7 Å². The maximum atomic E-state index is 12.6. The van der Waals surface area contributed by atoms with Crippen molar-refractivity contribution in [2.24, 2.45) is 0 Å². The zero-order chi connectivity index (χ0) is 16.9. The molecule has 8 heteroatoms. The molecule has 2 aromatic carbocycles. The molecular formula is C15H10O7S. The molecule has 0 spiro atoms. The Hall–Kier alpha value is -2.71. The minimum Gasteiger partial charge on any atom is -0.478 e. The topological polar surface area (TPSA) is 122 Å². The van der Waals surface area contributed by atoms with Gasteiger partial charge in [0.15, 0.2) is 0 Å². The summed E-state index contributed by atoms with van der Waals surface area (Å²) in [4.78, 5) is 23.2. The number of benzene rings is 2. The molecule has 0 aliphatic carbocycles. The van der Waals surface area contributed by atoms with Crippen molar-refractivity contribution >= 4 is 38.0 Å². The van der Waals surface area contributed by atoms with Gasteiger partial charge >= 0.3 is 5.97 Å². The molecule has 0 aliphatic rings. The zero-order valence-corrected chi connectivity index (χ0v) is 12.5. The molecular weight excluding hydrogens is 324 g/mol. The van der Waals surface area contributed by atoms with Crippen molar-refractivity contribution in [1.29, 1.82) is 0 Å². The first-order chi connectivity index (χ1) is 10.7. The lowest BCUT2D eigenvalue weighted by molar-refractivity contribution is 0.0697. The van der Waals surface area contributed by atoms with Gasteiger partial charge in [0.2, 0.25) is 5.43 Å². The first-order valence-electron chi connectivity index (χ1n) is 6.40. The van der Waals surface area contributed by atoms with Gasteiger partial charge in [-0.15, -0.1) is 0 Å². The van der Waals surface area contributed by atoms with Gasteiger partial charge in [0, 0.05) is 0 Å². The van der Waals surface area contributed by atoms with Gasteiger partial charge in [0.25, 0.3) is 10.1 Å². The fraction of sp³-hybridized carbons (Fsp3) is 0.0667. The fourth-order valence-electron chi connectivity index (χ4n) is 2.38. The van der Waals surface area contributed by atoms with Crippen LogP contribution in [0, 0.1) is 6.92 Å². The van der Waals surface area contributed by atoms with E-state index in [0.717, 1.165) is 6.07 Å². The molecule has 0 saturated carbocycles. The molecule has 0 fully saturated rings.